The van der Waals surface area contributed by atoms with Crippen molar-refractivity contribution in [3.8, 4) is 11.3 Å². The summed E-state index contributed by atoms with van der Waals surface area (Å²) >= 11 is 3.12. The van der Waals surface area contributed by atoms with Crippen molar-refractivity contribution in [3.05, 3.63) is 40.6 Å². The van der Waals surface area contributed by atoms with Crippen molar-refractivity contribution in [1.82, 2.24) is 4.98 Å². The second-order valence-electron chi connectivity index (χ2n) is 2.89. The largest absolute Gasteiger partial charge is 0.448 e. The number of aryl methyl sites for hydroxylation is 1. The van der Waals surface area contributed by atoms with Crippen LogP contribution in [0.15, 0.2) is 33.5 Å². The molecule has 1 aromatic carbocycles. The lowest BCUT2D eigenvalue weighted by Gasteiger charge is -1.99. The lowest BCUT2D eigenvalue weighted by atomic mass is 10.1. The quantitative estimate of drug-likeness (QED) is 0.779. The van der Waals surface area contributed by atoms with Crippen LogP contribution in [0.5, 0.6) is 0 Å². The van der Waals surface area contributed by atoms with Crippen LogP contribution >= 0.6 is 15.9 Å². The third-order valence-electron chi connectivity index (χ3n) is 1.94. The van der Waals surface area contributed by atoms with Crippen LogP contribution in [0.25, 0.3) is 11.3 Å². The molecule has 72 valence electrons. The molecule has 0 bridgehead atoms. The van der Waals surface area contributed by atoms with Gasteiger partial charge in [-0.25, -0.2) is 9.37 Å². The minimum absolute atomic E-state index is 0.283. The molecule has 0 N–H and O–H groups in total. The van der Waals surface area contributed by atoms with Gasteiger partial charge in [0.15, 0.2) is 6.39 Å². The first-order chi connectivity index (χ1) is 6.68. The van der Waals surface area contributed by atoms with E-state index in [2.05, 4.69) is 20.9 Å². The molecular formula is C10H7BrFNO. The Bertz CT molecular complexity index is 467. The number of nitrogens with zero attached hydrogens (tertiary/aromatic N) is 1. The Morgan fingerprint density at radius 3 is 2.79 bits per heavy atom. The molecule has 0 unspecified atom stereocenters. The summed E-state index contributed by atoms with van der Waals surface area (Å²) in [5.74, 6) is 0.443. The van der Waals surface area contributed by atoms with Gasteiger partial charge in [0.25, 0.3) is 0 Å². The van der Waals surface area contributed by atoms with Gasteiger partial charge in [-0.1, -0.05) is 0 Å². The highest BCUT2D eigenvalue weighted by atomic mass is 79.9. The monoisotopic (exact) mass is 255 g/mol. The van der Waals surface area contributed by atoms with E-state index in [-0.39, 0.29) is 5.82 Å². The molecule has 0 fully saturated rings. The Morgan fingerprint density at radius 1 is 1.43 bits per heavy atom. The van der Waals surface area contributed by atoms with E-state index in [9.17, 15) is 4.39 Å². The number of halogens is 2. The lowest BCUT2D eigenvalue weighted by molar-refractivity contribution is 0.527. The van der Waals surface area contributed by atoms with Gasteiger partial charge in [-0.2, -0.15) is 0 Å². The number of oxazole rings is 1. The first kappa shape index (κ1) is 9.40. The molecule has 4 heteroatoms. The van der Waals surface area contributed by atoms with E-state index in [0.717, 1.165) is 17.0 Å². The van der Waals surface area contributed by atoms with Crippen LogP contribution in [0.4, 0.5) is 4.39 Å². The first-order valence-electron chi connectivity index (χ1n) is 4.04. The van der Waals surface area contributed by atoms with Gasteiger partial charge in [0.2, 0.25) is 0 Å². The topological polar surface area (TPSA) is 26.0 Å². The molecule has 0 amide bonds. The average Bonchev–Trinajstić information content (AvgIpc) is 2.57. The van der Waals surface area contributed by atoms with Gasteiger partial charge < -0.3 is 4.42 Å². The fraction of sp³-hybridized carbons (Fsp3) is 0.100. The smallest absolute Gasteiger partial charge is 0.181 e. The molecule has 14 heavy (non-hydrogen) atoms. The number of benzene rings is 1. The normalized spacial score (nSPS) is 10.5. The SMILES string of the molecule is Cc1ocnc1-c1ccc(F)c(Br)c1. The summed E-state index contributed by atoms with van der Waals surface area (Å²) < 4.78 is 18.4. The molecule has 0 aliphatic carbocycles. The Labute approximate surface area is 88.9 Å². The molecule has 2 rings (SSSR count). The maximum Gasteiger partial charge on any atom is 0.181 e. The molecule has 1 heterocycles. The number of aromatic nitrogens is 1. The molecule has 2 aromatic rings. The number of hydrogen-bond acceptors (Lipinski definition) is 2. The Hall–Kier alpha value is -1.16. The average molecular weight is 256 g/mol. The zero-order valence-corrected chi connectivity index (χ0v) is 9.01. The summed E-state index contributed by atoms with van der Waals surface area (Å²) in [5.41, 5.74) is 1.58. The summed E-state index contributed by atoms with van der Waals surface area (Å²) in [4.78, 5) is 4.05. The Kier molecular flexibility index (Phi) is 2.37. The van der Waals surface area contributed by atoms with E-state index in [1.54, 1.807) is 12.1 Å². The fourth-order valence-electron chi connectivity index (χ4n) is 1.23. The molecule has 2 nitrogen and oxygen atoms in total. The van der Waals surface area contributed by atoms with E-state index >= 15 is 0 Å². The van der Waals surface area contributed by atoms with Crippen LogP contribution < -0.4 is 0 Å². The Morgan fingerprint density at radius 2 is 2.21 bits per heavy atom. The summed E-state index contributed by atoms with van der Waals surface area (Å²) in [6.45, 7) is 1.82. The van der Waals surface area contributed by atoms with E-state index in [0.29, 0.717) is 4.47 Å². The van der Waals surface area contributed by atoms with E-state index in [4.69, 9.17) is 4.42 Å². The second-order valence-corrected chi connectivity index (χ2v) is 3.74. The molecule has 0 radical (unpaired) electrons. The first-order valence-corrected chi connectivity index (χ1v) is 4.83. The van der Waals surface area contributed by atoms with Crippen molar-refractivity contribution in [2.45, 2.75) is 6.92 Å². The minimum atomic E-state index is -0.283. The highest BCUT2D eigenvalue weighted by Gasteiger charge is 2.08. The number of hydrogen-bond donors (Lipinski definition) is 0. The molecule has 0 saturated carbocycles. The highest BCUT2D eigenvalue weighted by Crippen LogP contribution is 2.26. The van der Waals surface area contributed by atoms with Crippen LogP contribution in [-0.2, 0) is 0 Å². The van der Waals surface area contributed by atoms with Gasteiger partial charge >= 0.3 is 0 Å². The van der Waals surface area contributed by atoms with Crippen LogP contribution in [0.1, 0.15) is 5.76 Å². The molecule has 0 saturated heterocycles. The van der Waals surface area contributed by atoms with Gasteiger partial charge in [-0.3, -0.25) is 0 Å². The fourth-order valence-corrected chi connectivity index (χ4v) is 1.60. The van der Waals surface area contributed by atoms with E-state index in [1.807, 2.05) is 6.92 Å². The minimum Gasteiger partial charge on any atom is -0.448 e. The third-order valence-corrected chi connectivity index (χ3v) is 2.55. The highest BCUT2D eigenvalue weighted by molar-refractivity contribution is 9.10. The van der Waals surface area contributed by atoms with Gasteiger partial charge in [0, 0.05) is 5.56 Å². The molecule has 0 spiro atoms. The van der Waals surface area contributed by atoms with Gasteiger partial charge in [-0.15, -0.1) is 0 Å². The van der Waals surface area contributed by atoms with Gasteiger partial charge in [0.1, 0.15) is 17.3 Å². The maximum atomic E-state index is 13.0. The van der Waals surface area contributed by atoms with Crippen molar-refractivity contribution < 1.29 is 8.81 Å². The number of rotatable bonds is 1. The Balaban J connectivity index is 2.53. The summed E-state index contributed by atoms with van der Waals surface area (Å²) in [6, 6.07) is 4.75. The predicted octanol–water partition coefficient (Wildman–Crippen LogP) is 3.55. The van der Waals surface area contributed by atoms with Crippen LogP contribution in [0.2, 0.25) is 0 Å². The van der Waals surface area contributed by atoms with Crippen molar-refractivity contribution in [3.63, 3.8) is 0 Å². The summed E-state index contributed by atoms with van der Waals surface area (Å²) in [6.07, 6.45) is 1.38. The van der Waals surface area contributed by atoms with Crippen molar-refractivity contribution in [1.29, 1.82) is 0 Å². The zero-order valence-electron chi connectivity index (χ0n) is 7.42. The van der Waals surface area contributed by atoms with Crippen LogP contribution in [0, 0.1) is 12.7 Å². The zero-order chi connectivity index (χ0) is 10.1. The van der Waals surface area contributed by atoms with Gasteiger partial charge in [0.05, 0.1) is 4.47 Å². The summed E-state index contributed by atoms with van der Waals surface area (Å²) in [7, 11) is 0. The standard InChI is InChI=1S/C10H7BrFNO/c1-6-10(13-5-14-6)7-2-3-9(12)8(11)4-7/h2-5H,1H3. The van der Waals surface area contributed by atoms with Crippen molar-refractivity contribution in [2.75, 3.05) is 0 Å². The maximum absolute atomic E-state index is 13.0. The molecule has 0 aliphatic rings. The van der Waals surface area contributed by atoms with Crippen molar-refractivity contribution in [2.24, 2.45) is 0 Å². The van der Waals surface area contributed by atoms with Crippen LogP contribution in [0.3, 0.4) is 0 Å². The molecule has 0 atom stereocenters. The van der Waals surface area contributed by atoms with Crippen LogP contribution in [-0.4, -0.2) is 4.98 Å². The predicted molar refractivity (Wildman–Crippen MR) is 54.3 cm³/mol. The molecule has 1 aromatic heterocycles. The van der Waals surface area contributed by atoms with Gasteiger partial charge in [-0.05, 0) is 41.1 Å². The lowest BCUT2D eigenvalue weighted by Crippen LogP contribution is -1.83. The second kappa shape index (κ2) is 3.53. The van der Waals surface area contributed by atoms with Crippen molar-refractivity contribution >= 4 is 15.9 Å². The summed E-state index contributed by atoms with van der Waals surface area (Å²) in [5, 5.41) is 0. The third kappa shape index (κ3) is 1.57. The van der Waals surface area contributed by atoms with E-state index in [1.165, 1.54) is 12.5 Å². The van der Waals surface area contributed by atoms with E-state index < -0.39 is 0 Å². The molecule has 0 aliphatic heterocycles. The molecular weight excluding hydrogens is 249 g/mol.